The molecule has 226 valence electrons. The van der Waals surface area contributed by atoms with Crippen LogP contribution < -0.4 is 0 Å². The van der Waals surface area contributed by atoms with E-state index in [4.69, 9.17) is 19.2 Å². The van der Waals surface area contributed by atoms with Gasteiger partial charge in [-0.2, -0.15) is 5.21 Å². The molecule has 5 aromatic rings. The second-order valence-electron chi connectivity index (χ2n) is 10.8. The summed E-state index contributed by atoms with van der Waals surface area (Å²) in [7, 11) is 0. The monoisotopic (exact) mass is 594 g/mol. The molecule has 3 aromatic carbocycles. The van der Waals surface area contributed by atoms with Crippen LogP contribution in [-0.4, -0.2) is 54.7 Å². The number of tetrazole rings is 1. The number of nitrogens with zero attached hydrogens (tertiary/aromatic N) is 5. The summed E-state index contributed by atoms with van der Waals surface area (Å²) in [6.45, 7) is 4.03. The minimum absolute atomic E-state index is 0.149. The Morgan fingerprint density at radius 1 is 0.955 bits per heavy atom. The molecule has 0 spiro atoms. The highest BCUT2D eigenvalue weighted by Gasteiger charge is 2.24. The van der Waals surface area contributed by atoms with E-state index in [1.165, 1.54) is 6.92 Å². The summed E-state index contributed by atoms with van der Waals surface area (Å²) >= 11 is 0. The Morgan fingerprint density at radius 3 is 2.45 bits per heavy atom. The molecule has 1 saturated carbocycles. The highest BCUT2D eigenvalue weighted by molar-refractivity contribution is 6.02. The van der Waals surface area contributed by atoms with Gasteiger partial charge in [0.25, 0.3) is 0 Å². The van der Waals surface area contributed by atoms with E-state index in [9.17, 15) is 9.59 Å². The number of ether oxygens (including phenoxy) is 3. The number of hydrogen-bond donors (Lipinski definition) is 1. The van der Waals surface area contributed by atoms with Gasteiger partial charge in [-0.05, 0) is 59.7 Å². The summed E-state index contributed by atoms with van der Waals surface area (Å²) in [5.41, 5.74) is 5.62. The summed E-state index contributed by atoms with van der Waals surface area (Å²) in [6, 6.07) is 21.5. The number of para-hydroxylation sites is 1. The molecule has 1 aliphatic carbocycles. The second kappa shape index (κ2) is 13.1. The smallest absolute Gasteiger partial charge is 0.431 e. The highest BCUT2D eigenvalue weighted by atomic mass is 16.8. The van der Waals surface area contributed by atoms with E-state index >= 15 is 0 Å². The van der Waals surface area contributed by atoms with Crippen LogP contribution >= 0.6 is 0 Å². The Bertz CT molecular complexity index is 1740. The van der Waals surface area contributed by atoms with Crippen LogP contribution in [-0.2, 0) is 27.2 Å². The fourth-order valence-electron chi connectivity index (χ4n) is 5.74. The summed E-state index contributed by atoms with van der Waals surface area (Å²) in [5.74, 6) is 0.764. The maximum Gasteiger partial charge on any atom is 0.511 e. The third-order valence-corrected chi connectivity index (χ3v) is 7.85. The summed E-state index contributed by atoms with van der Waals surface area (Å²) < 4.78 is 18.2. The lowest BCUT2D eigenvalue weighted by Gasteiger charge is -2.22. The van der Waals surface area contributed by atoms with E-state index in [1.54, 1.807) is 12.1 Å². The van der Waals surface area contributed by atoms with Crippen molar-refractivity contribution in [2.75, 3.05) is 0 Å². The molecular weight excluding hydrogens is 560 g/mol. The average Bonchev–Trinajstić information content (AvgIpc) is 3.70. The van der Waals surface area contributed by atoms with Crippen molar-refractivity contribution in [3.63, 3.8) is 0 Å². The van der Waals surface area contributed by atoms with E-state index < -0.39 is 18.4 Å². The fraction of sp³-hybridized carbons (Fsp3) is 0.333. The Labute approximate surface area is 254 Å². The number of hydrogen-bond acceptors (Lipinski definition) is 9. The first-order valence-electron chi connectivity index (χ1n) is 15.0. The number of aryl methyl sites for hydroxylation is 1. The Balaban J connectivity index is 1.21. The molecule has 0 bridgehead atoms. The van der Waals surface area contributed by atoms with Gasteiger partial charge in [0.15, 0.2) is 0 Å². The zero-order chi connectivity index (χ0) is 30.5. The van der Waals surface area contributed by atoms with Gasteiger partial charge in [0, 0.05) is 25.5 Å². The van der Waals surface area contributed by atoms with E-state index in [2.05, 4.69) is 44.9 Å². The average molecular weight is 595 g/mol. The molecule has 2 heterocycles. The predicted octanol–water partition coefficient (Wildman–Crippen LogP) is 6.48. The Hall–Kier alpha value is -5.06. The van der Waals surface area contributed by atoms with E-state index in [0.29, 0.717) is 35.4 Å². The van der Waals surface area contributed by atoms with Gasteiger partial charge in [0.05, 0.1) is 16.6 Å². The lowest BCUT2D eigenvalue weighted by molar-refractivity contribution is -0.0914. The molecule has 6 rings (SSSR count). The maximum absolute atomic E-state index is 13.4. The van der Waals surface area contributed by atoms with Crippen molar-refractivity contribution in [3.05, 3.63) is 83.7 Å². The second-order valence-corrected chi connectivity index (χ2v) is 10.8. The van der Waals surface area contributed by atoms with Crippen molar-refractivity contribution in [1.82, 2.24) is 30.2 Å². The minimum atomic E-state index is -1.11. The number of benzene rings is 3. The van der Waals surface area contributed by atoms with Crippen molar-refractivity contribution in [3.8, 4) is 22.5 Å². The standard InChI is InChI=1S/C33H34N6O5/c1-3-29-34-28-15-9-14-27(32(40)42-21(2)43-33(41)44-24-10-5-4-6-11-24)30(28)39(29)20-22-16-18-23(19-17-22)25-12-7-8-13-26(25)31-35-37-38-36-31/h7-9,12-19,21,24H,3-6,10-11,20H2,1-2H3,(H,35,36,37,38). The molecule has 1 unspecified atom stereocenters. The summed E-state index contributed by atoms with van der Waals surface area (Å²) in [6.07, 6.45) is 3.44. The van der Waals surface area contributed by atoms with Crippen LogP contribution in [0.1, 0.15) is 67.7 Å². The normalized spacial score (nSPS) is 14.3. The first-order valence-corrected chi connectivity index (χ1v) is 15.0. The SMILES string of the molecule is CCc1nc2cccc(C(=O)OC(C)OC(=O)OC3CCCCC3)c2n1Cc1ccc(-c2ccccc2-c2nn[nH]n2)cc1. The van der Waals surface area contributed by atoms with Crippen molar-refractivity contribution in [2.45, 2.75) is 71.3 Å². The maximum atomic E-state index is 13.4. The van der Waals surface area contributed by atoms with Crippen LogP contribution in [0.25, 0.3) is 33.5 Å². The quantitative estimate of drug-likeness (QED) is 0.150. The largest absolute Gasteiger partial charge is 0.511 e. The number of imidazole rings is 1. The van der Waals surface area contributed by atoms with Crippen molar-refractivity contribution in [1.29, 1.82) is 0 Å². The predicted molar refractivity (Wildman–Crippen MR) is 163 cm³/mol. The molecule has 11 nitrogen and oxygen atoms in total. The molecule has 11 heteroatoms. The molecule has 0 amide bonds. The zero-order valence-electron chi connectivity index (χ0n) is 24.7. The third-order valence-electron chi connectivity index (χ3n) is 7.85. The lowest BCUT2D eigenvalue weighted by atomic mass is 9.98. The van der Waals surface area contributed by atoms with Gasteiger partial charge in [0.1, 0.15) is 11.9 Å². The number of esters is 1. The van der Waals surface area contributed by atoms with Gasteiger partial charge in [-0.25, -0.2) is 14.6 Å². The van der Waals surface area contributed by atoms with Crippen LogP contribution in [0.15, 0.2) is 66.7 Å². The molecule has 1 N–H and O–H groups in total. The van der Waals surface area contributed by atoms with Crippen LogP contribution in [0.2, 0.25) is 0 Å². The van der Waals surface area contributed by atoms with Crippen LogP contribution in [0.3, 0.4) is 0 Å². The summed E-state index contributed by atoms with van der Waals surface area (Å²) in [4.78, 5) is 30.4. The van der Waals surface area contributed by atoms with E-state index in [-0.39, 0.29) is 6.10 Å². The van der Waals surface area contributed by atoms with Gasteiger partial charge < -0.3 is 18.8 Å². The van der Waals surface area contributed by atoms with Crippen LogP contribution in [0.5, 0.6) is 0 Å². The lowest BCUT2D eigenvalue weighted by Crippen LogP contribution is -2.26. The number of carbonyl (C=O) groups is 2. The Morgan fingerprint density at radius 2 is 1.73 bits per heavy atom. The van der Waals surface area contributed by atoms with Gasteiger partial charge in [-0.15, -0.1) is 10.2 Å². The molecule has 0 radical (unpaired) electrons. The van der Waals surface area contributed by atoms with E-state index in [1.807, 2.05) is 41.8 Å². The number of aromatic nitrogens is 6. The van der Waals surface area contributed by atoms with Crippen molar-refractivity contribution in [2.24, 2.45) is 0 Å². The van der Waals surface area contributed by atoms with Gasteiger partial charge in [0.2, 0.25) is 12.1 Å². The van der Waals surface area contributed by atoms with E-state index in [0.717, 1.165) is 60.2 Å². The number of carbonyl (C=O) groups excluding carboxylic acids is 2. The molecular formula is C33H34N6O5. The molecule has 2 aromatic heterocycles. The number of rotatable bonds is 9. The first-order chi connectivity index (χ1) is 21.5. The van der Waals surface area contributed by atoms with Crippen LogP contribution in [0.4, 0.5) is 4.79 Å². The molecule has 1 aliphatic rings. The fourth-order valence-corrected chi connectivity index (χ4v) is 5.74. The number of nitrogens with one attached hydrogen (secondary N) is 1. The number of aromatic amines is 1. The van der Waals surface area contributed by atoms with Crippen molar-refractivity contribution >= 4 is 23.2 Å². The molecule has 0 saturated heterocycles. The summed E-state index contributed by atoms with van der Waals surface area (Å²) in [5, 5.41) is 14.5. The third kappa shape index (κ3) is 6.31. The van der Waals surface area contributed by atoms with Gasteiger partial charge >= 0.3 is 12.1 Å². The molecule has 1 fully saturated rings. The first kappa shape index (κ1) is 29.0. The van der Waals surface area contributed by atoms with Gasteiger partial charge in [-0.1, -0.05) is 67.9 Å². The Kier molecular flexibility index (Phi) is 8.62. The van der Waals surface area contributed by atoms with Gasteiger partial charge in [-0.3, -0.25) is 0 Å². The molecule has 0 aliphatic heterocycles. The zero-order valence-corrected chi connectivity index (χ0v) is 24.7. The topological polar surface area (TPSA) is 134 Å². The van der Waals surface area contributed by atoms with Crippen molar-refractivity contribution < 1.29 is 23.8 Å². The number of H-pyrrole nitrogens is 1. The number of fused-ring (bicyclic) bond motifs is 1. The molecule has 44 heavy (non-hydrogen) atoms. The van der Waals surface area contributed by atoms with Crippen LogP contribution in [0, 0.1) is 0 Å². The minimum Gasteiger partial charge on any atom is -0.431 e. The highest BCUT2D eigenvalue weighted by Crippen LogP contribution is 2.30. The molecule has 1 atom stereocenters.